The summed E-state index contributed by atoms with van der Waals surface area (Å²) >= 11 is 0. The molecule has 0 aromatic heterocycles. The lowest BCUT2D eigenvalue weighted by atomic mass is 9.70. The van der Waals surface area contributed by atoms with Crippen LogP contribution in [0.3, 0.4) is 0 Å². The molecule has 0 spiro atoms. The number of esters is 1. The minimum absolute atomic E-state index is 0.00129. The summed E-state index contributed by atoms with van der Waals surface area (Å²) in [5, 5.41) is 0. The van der Waals surface area contributed by atoms with Gasteiger partial charge in [0.25, 0.3) is 0 Å². The van der Waals surface area contributed by atoms with E-state index in [9.17, 15) is 24.0 Å². The molecule has 1 saturated carbocycles. The van der Waals surface area contributed by atoms with Gasteiger partial charge in [-0.1, -0.05) is 106 Å². The quantitative estimate of drug-likeness (QED) is 0.0314. The fourth-order valence-electron chi connectivity index (χ4n) is 10.9. The molecule has 1 fully saturated rings. The molecule has 4 aliphatic carbocycles. The van der Waals surface area contributed by atoms with Crippen molar-refractivity contribution in [1.82, 2.24) is 0 Å². The van der Waals surface area contributed by atoms with E-state index in [0.717, 1.165) is 34.3 Å². The van der Waals surface area contributed by atoms with Crippen LogP contribution < -0.4 is 18.9 Å². The fourth-order valence-corrected chi connectivity index (χ4v) is 10.9. The molecular formula is C65H69NO10. The number of ether oxygens (including phenoxy) is 5. The predicted molar refractivity (Wildman–Crippen MR) is 299 cm³/mol. The molecule has 394 valence electrons. The molecule has 0 N–H and O–H groups in total. The molecule has 3 aromatic rings. The molecule has 11 nitrogen and oxygen atoms in total. The zero-order valence-corrected chi connectivity index (χ0v) is 44.9. The second-order valence-electron chi connectivity index (χ2n) is 20.8. The first-order valence-electron chi connectivity index (χ1n) is 26.3. The van der Waals surface area contributed by atoms with E-state index in [-0.39, 0.29) is 59.5 Å². The normalized spacial score (nSPS) is 20.5. The molecule has 4 atom stereocenters. The Labute approximate surface area is 447 Å². The maximum Gasteiger partial charge on any atom is 0.334 e. The van der Waals surface area contributed by atoms with Crippen LogP contribution >= 0.6 is 0 Å². The number of ketones is 4. The van der Waals surface area contributed by atoms with Crippen LogP contribution in [0.4, 0.5) is 5.69 Å². The van der Waals surface area contributed by atoms with Crippen molar-refractivity contribution in [3.63, 3.8) is 0 Å². The van der Waals surface area contributed by atoms with Crippen molar-refractivity contribution in [2.75, 3.05) is 34.0 Å². The number of Topliss-reactive ketones (excluding diaryl/α,β-unsaturated/α-hetero) is 3. The highest BCUT2D eigenvalue weighted by atomic mass is 16.5. The van der Waals surface area contributed by atoms with Gasteiger partial charge in [0.2, 0.25) is 0 Å². The van der Waals surface area contributed by atoms with Crippen LogP contribution in [-0.4, -0.2) is 69.4 Å². The van der Waals surface area contributed by atoms with Crippen LogP contribution in [0.5, 0.6) is 23.0 Å². The number of allylic oxidation sites excluding steroid dienone is 13. The second kappa shape index (κ2) is 23.5. The number of aliphatic imine (C=N–C) groups is 1. The number of nitrogens with zero attached hydrogens (tertiary/aromatic N) is 1. The zero-order valence-electron chi connectivity index (χ0n) is 44.9. The third kappa shape index (κ3) is 11.6. The number of methoxy groups -OCH3 is 2. The van der Waals surface area contributed by atoms with Crippen molar-refractivity contribution >= 4 is 57.7 Å². The SMILES string of the molecule is C=CCOC(=O)/C(C)=C(/C(=O)CC(C)C(=O)/C=C(/C=C)c1ccc(C2=CC3CC(=O)c4cc(OC)c(OCCCOc5cc6c(cc5OC)C(=O)C5=CC=C(C7CC7)CC5(C=C)C=N6)cc4C(C)=CC3C2)cc1)C(C)C. The first-order valence-corrected chi connectivity index (χ1v) is 26.3. The standard InChI is InChI=1S/C65H69NO10/c1-11-23-76-64(71)41(8)62(38(4)5)57(69)27-40(7)55(67)30-42(12-2)43-15-19-45(20-16-43)48-28-47-26-39(6)50-32-60(58(72-9)33-51(50)56(68)31-49(47)29-48)74-24-14-25-75-61-35-54-52(34-59(61)73-10)63(70)53-22-21-46(44-17-18-44)36-65(53,13-3)37-66-54/h11-13,15-16,19-22,26,29-30,32-35,37-38,40,44,47,49H,1-3,14,17-18,23-25,27-28,31,36H2,4-10H3/b39-26?,42-30-,62-41+. The van der Waals surface area contributed by atoms with Gasteiger partial charge in [0.05, 0.1) is 44.1 Å². The van der Waals surface area contributed by atoms with E-state index in [1.807, 2.05) is 69.5 Å². The minimum atomic E-state index is -0.666. The third-order valence-electron chi connectivity index (χ3n) is 15.3. The van der Waals surface area contributed by atoms with Crippen molar-refractivity contribution in [3.05, 3.63) is 167 Å². The maximum atomic E-state index is 14.1. The van der Waals surface area contributed by atoms with Crippen molar-refractivity contribution in [1.29, 1.82) is 0 Å². The molecule has 0 bridgehead atoms. The lowest BCUT2D eigenvalue weighted by Gasteiger charge is -2.31. The van der Waals surface area contributed by atoms with Gasteiger partial charge >= 0.3 is 5.97 Å². The van der Waals surface area contributed by atoms with Gasteiger partial charge in [-0.2, -0.15) is 0 Å². The van der Waals surface area contributed by atoms with E-state index in [0.29, 0.717) is 94.9 Å². The minimum Gasteiger partial charge on any atom is -0.493 e. The van der Waals surface area contributed by atoms with Gasteiger partial charge < -0.3 is 23.7 Å². The second-order valence-corrected chi connectivity index (χ2v) is 20.8. The van der Waals surface area contributed by atoms with Crippen LogP contribution in [0.15, 0.2) is 144 Å². The van der Waals surface area contributed by atoms with Crippen molar-refractivity contribution in [2.45, 2.75) is 79.6 Å². The first kappa shape index (κ1) is 54.6. The summed E-state index contributed by atoms with van der Waals surface area (Å²) < 4.78 is 29.2. The Kier molecular flexibility index (Phi) is 16.9. The molecular weight excluding hydrogens is 955 g/mol. The average molecular weight is 1020 g/mol. The van der Waals surface area contributed by atoms with E-state index in [1.165, 1.54) is 30.6 Å². The number of hydrogen-bond acceptors (Lipinski definition) is 11. The molecule has 1 heterocycles. The summed E-state index contributed by atoms with van der Waals surface area (Å²) in [6.07, 6.45) is 21.5. The van der Waals surface area contributed by atoms with Gasteiger partial charge in [-0.15, -0.1) is 6.58 Å². The summed E-state index contributed by atoms with van der Waals surface area (Å²) in [5.41, 5.74) is 8.86. The van der Waals surface area contributed by atoms with E-state index in [2.05, 4.69) is 38.0 Å². The van der Waals surface area contributed by atoms with Gasteiger partial charge in [-0.05, 0) is 121 Å². The van der Waals surface area contributed by atoms with Gasteiger partial charge in [-0.25, -0.2) is 4.79 Å². The lowest BCUT2D eigenvalue weighted by molar-refractivity contribution is -0.138. The largest absolute Gasteiger partial charge is 0.493 e. The van der Waals surface area contributed by atoms with E-state index < -0.39 is 17.3 Å². The number of benzene rings is 3. The van der Waals surface area contributed by atoms with E-state index in [4.69, 9.17) is 28.7 Å². The topological polar surface area (TPSA) is 144 Å². The van der Waals surface area contributed by atoms with Crippen molar-refractivity contribution in [3.8, 4) is 23.0 Å². The number of carbonyl (C=O) groups excluding carboxylic acids is 5. The number of hydrogen-bond donors (Lipinski definition) is 0. The lowest BCUT2D eigenvalue weighted by Crippen LogP contribution is -2.29. The molecule has 0 amide bonds. The fraction of sp³-hybridized carbons (Fsp3) is 0.354. The molecule has 76 heavy (non-hydrogen) atoms. The monoisotopic (exact) mass is 1020 g/mol. The molecule has 4 unspecified atom stereocenters. The molecule has 11 heteroatoms. The number of rotatable bonds is 22. The summed E-state index contributed by atoms with van der Waals surface area (Å²) in [7, 11) is 3.12. The molecule has 1 aliphatic heterocycles. The molecule has 0 saturated heterocycles. The predicted octanol–water partition coefficient (Wildman–Crippen LogP) is 13.4. The maximum absolute atomic E-state index is 14.1. The van der Waals surface area contributed by atoms with E-state index >= 15 is 0 Å². The summed E-state index contributed by atoms with van der Waals surface area (Å²) in [4.78, 5) is 72.4. The summed E-state index contributed by atoms with van der Waals surface area (Å²) in [6, 6.07) is 15.1. The molecule has 5 aliphatic rings. The Morgan fingerprint density at radius 3 is 2.12 bits per heavy atom. The van der Waals surface area contributed by atoms with Crippen LogP contribution in [0.1, 0.15) is 117 Å². The van der Waals surface area contributed by atoms with Gasteiger partial charge in [0.1, 0.15) is 6.61 Å². The smallest absolute Gasteiger partial charge is 0.334 e. The number of carbonyl (C=O) groups is 5. The van der Waals surface area contributed by atoms with Crippen molar-refractivity contribution in [2.24, 2.45) is 40.0 Å². The van der Waals surface area contributed by atoms with Gasteiger partial charge in [0, 0.05) is 59.7 Å². The zero-order chi connectivity index (χ0) is 54.4. The van der Waals surface area contributed by atoms with Crippen molar-refractivity contribution < 1.29 is 47.7 Å². The molecule has 0 radical (unpaired) electrons. The van der Waals surface area contributed by atoms with Gasteiger partial charge in [-0.3, -0.25) is 24.2 Å². The summed E-state index contributed by atoms with van der Waals surface area (Å²) in [5.74, 6) is 0.559. The Morgan fingerprint density at radius 1 is 0.829 bits per heavy atom. The third-order valence-corrected chi connectivity index (χ3v) is 15.3. The molecule has 8 rings (SSSR count). The summed E-state index contributed by atoms with van der Waals surface area (Å²) in [6.45, 7) is 21.3. The Morgan fingerprint density at radius 2 is 1.49 bits per heavy atom. The molecule has 3 aromatic carbocycles. The number of fused-ring (bicyclic) bond motifs is 4. The van der Waals surface area contributed by atoms with Crippen LogP contribution in [0.25, 0.3) is 16.7 Å². The highest BCUT2D eigenvalue weighted by molar-refractivity contribution is 6.17. The van der Waals surface area contributed by atoms with Crippen LogP contribution in [0.2, 0.25) is 0 Å². The Balaban J connectivity index is 0.895. The van der Waals surface area contributed by atoms with Gasteiger partial charge in [0.15, 0.2) is 46.1 Å². The first-order chi connectivity index (χ1) is 36.5. The van der Waals surface area contributed by atoms with Crippen LogP contribution in [0, 0.1) is 35.0 Å². The van der Waals surface area contributed by atoms with E-state index in [1.54, 1.807) is 52.3 Å². The highest BCUT2D eigenvalue weighted by Gasteiger charge is 2.42. The average Bonchev–Trinajstić information content (AvgIpc) is 4.23. The highest BCUT2D eigenvalue weighted by Crippen LogP contribution is 2.50. The van der Waals surface area contributed by atoms with Crippen LogP contribution in [-0.2, 0) is 19.1 Å². The Hall–Kier alpha value is -7.66. The Bertz CT molecular complexity index is 3110.